The summed E-state index contributed by atoms with van der Waals surface area (Å²) >= 11 is 1.67. The van der Waals surface area contributed by atoms with Crippen molar-refractivity contribution in [1.29, 1.82) is 0 Å². The first-order valence-electron chi connectivity index (χ1n) is 7.26. The van der Waals surface area contributed by atoms with E-state index in [2.05, 4.69) is 20.8 Å². The van der Waals surface area contributed by atoms with Crippen LogP contribution in [0.1, 0.15) is 52.9 Å². The van der Waals surface area contributed by atoms with E-state index < -0.39 is 0 Å². The third-order valence-corrected chi connectivity index (χ3v) is 4.11. The third-order valence-electron chi connectivity index (χ3n) is 3.00. The predicted molar refractivity (Wildman–Crippen MR) is 82.0 cm³/mol. The summed E-state index contributed by atoms with van der Waals surface area (Å²) in [6.07, 6.45) is 5.48. The van der Waals surface area contributed by atoms with E-state index in [9.17, 15) is 4.79 Å². The summed E-state index contributed by atoms with van der Waals surface area (Å²) in [6, 6.07) is 0.225. The summed E-state index contributed by atoms with van der Waals surface area (Å²) < 4.78 is 0. The van der Waals surface area contributed by atoms with E-state index in [1.54, 1.807) is 11.8 Å². The van der Waals surface area contributed by atoms with Gasteiger partial charge in [-0.1, -0.05) is 33.6 Å². The van der Waals surface area contributed by atoms with Crippen molar-refractivity contribution in [1.82, 2.24) is 4.90 Å². The molecule has 0 aromatic heterocycles. The molecular formula is C14H30N2OS. The number of nitrogens with two attached hydrogens (primary N) is 1. The highest BCUT2D eigenvalue weighted by Gasteiger charge is 2.12. The fraction of sp³-hybridized carbons (Fsp3) is 0.929. The van der Waals surface area contributed by atoms with Crippen LogP contribution in [0.5, 0.6) is 0 Å². The maximum absolute atomic E-state index is 12.1. The first-order valence-corrected chi connectivity index (χ1v) is 8.42. The normalized spacial score (nSPS) is 12.4. The maximum Gasteiger partial charge on any atom is 0.232 e. The van der Waals surface area contributed by atoms with Crippen molar-refractivity contribution >= 4 is 17.7 Å². The van der Waals surface area contributed by atoms with Gasteiger partial charge in [0.1, 0.15) is 0 Å². The van der Waals surface area contributed by atoms with Crippen LogP contribution in [-0.2, 0) is 4.79 Å². The van der Waals surface area contributed by atoms with E-state index >= 15 is 0 Å². The third kappa shape index (κ3) is 8.81. The van der Waals surface area contributed by atoms with Crippen LogP contribution in [0.15, 0.2) is 0 Å². The quantitative estimate of drug-likeness (QED) is 0.630. The minimum absolute atomic E-state index is 0.225. The molecule has 108 valence electrons. The molecule has 0 aliphatic carbocycles. The molecule has 0 fully saturated rings. The van der Waals surface area contributed by atoms with Crippen LogP contribution < -0.4 is 5.73 Å². The minimum Gasteiger partial charge on any atom is -0.342 e. The monoisotopic (exact) mass is 274 g/mol. The first-order chi connectivity index (χ1) is 8.65. The summed E-state index contributed by atoms with van der Waals surface area (Å²) in [5, 5.41) is 0. The summed E-state index contributed by atoms with van der Waals surface area (Å²) in [6.45, 7) is 8.24. The Balaban J connectivity index is 3.95. The molecule has 1 unspecified atom stereocenters. The van der Waals surface area contributed by atoms with Gasteiger partial charge in [0.25, 0.3) is 0 Å². The lowest BCUT2D eigenvalue weighted by Gasteiger charge is -2.22. The van der Waals surface area contributed by atoms with E-state index in [1.807, 2.05) is 4.90 Å². The van der Waals surface area contributed by atoms with Gasteiger partial charge < -0.3 is 10.6 Å². The van der Waals surface area contributed by atoms with E-state index in [1.165, 1.54) is 0 Å². The SMILES string of the molecule is CCCCN(CCCC)C(=O)CSCC(N)CC. The topological polar surface area (TPSA) is 46.3 Å². The Morgan fingerprint density at radius 1 is 1.17 bits per heavy atom. The molecule has 2 N–H and O–H groups in total. The Morgan fingerprint density at radius 2 is 1.72 bits per heavy atom. The van der Waals surface area contributed by atoms with Gasteiger partial charge in [-0.3, -0.25) is 4.79 Å². The summed E-state index contributed by atoms with van der Waals surface area (Å²) in [7, 11) is 0. The number of nitrogens with zero attached hydrogens (tertiary/aromatic N) is 1. The zero-order chi connectivity index (χ0) is 13.8. The van der Waals surface area contributed by atoms with Crippen LogP contribution in [0.3, 0.4) is 0 Å². The standard InChI is InChI=1S/C14H30N2OS/c1-4-7-9-16(10-8-5-2)14(17)12-18-11-13(15)6-3/h13H,4-12,15H2,1-3H3. The fourth-order valence-corrected chi connectivity index (χ4v) is 2.58. The Hall–Kier alpha value is -0.220. The number of carbonyl (C=O) groups is 1. The molecule has 4 heteroatoms. The van der Waals surface area contributed by atoms with E-state index in [4.69, 9.17) is 5.73 Å². The van der Waals surface area contributed by atoms with E-state index in [0.29, 0.717) is 5.75 Å². The lowest BCUT2D eigenvalue weighted by atomic mass is 10.2. The minimum atomic E-state index is 0.225. The molecule has 0 aliphatic heterocycles. The number of hydrogen-bond donors (Lipinski definition) is 1. The molecule has 0 saturated carbocycles. The molecule has 0 spiro atoms. The smallest absolute Gasteiger partial charge is 0.232 e. The van der Waals surface area contributed by atoms with Crippen LogP contribution in [-0.4, -0.2) is 41.4 Å². The second-order valence-electron chi connectivity index (χ2n) is 4.77. The second kappa shape index (κ2) is 11.8. The van der Waals surface area contributed by atoms with Gasteiger partial charge in [-0.15, -0.1) is 0 Å². The molecule has 1 amide bonds. The Labute approximate surface area is 117 Å². The Kier molecular flexibility index (Phi) is 11.7. The lowest BCUT2D eigenvalue weighted by molar-refractivity contribution is -0.128. The highest BCUT2D eigenvalue weighted by Crippen LogP contribution is 2.08. The van der Waals surface area contributed by atoms with Gasteiger partial charge >= 0.3 is 0 Å². The van der Waals surface area contributed by atoms with Crippen molar-refractivity contribution in [2.45, 2.75) is 58.9 Å². The van der Waals surface area contributed by atoms with E-state index in [-0.39, 0.29) is 11.9 Å². The molecule has 0 saturated heterocycles. The highest BCUT2D eigenvalue weighted by atomic mass is 32.2. The fourth-order valence-electron chi connectivity index (χ4n) is 1.57. The molecule has 1 atom stereocenters. The van der Waals surface area contributed by atoms with Crippen LogP contribution in [0.2, 0.25) is 0 Å². The van der Waals surface area contributed by atoms with Crippen molar-refractivity contribution in [3.63, 3.8) is 0 Å². The van der Waals surface area contributed by atoms with Gasteiger partial charge in [0.2, 0.25) is 5.91 Å². The molecule has 0 aromatic rings. The molecule has 0 aromatic carbocycles. The zero-order valence-corrected chi connectivity index (χ0v) is 13.1. The number of amides is 1. The number of carbonyl (C=O) groups excluding carboxylic acids is 1. The predicted octanol–water partition coefficient (Wildman–Crippen LogP) is 2.89. The summed E-state index contributed by atoms with van der Waals surface area (Å²) in [5.74, 6) is 1.75. The van der Waals surface area contributed by atoms with Crippen molar-refractivity contribution in [3.8, 4) is 0 Å². The molecule has 3 nitrogen and oxygen atoms in total. The number of thioether (sulfide) groups is 1. The molecule has 0 aliphatic rings. The molecule has 18 heavy (non-hydrogen) atoms. The second-order valence-corrected chi connectivity index (χ2v) is 5.80. The largest absolute Gasteiger partial charge is 0.342 e. The summed E-state index contributed by atoms with van der Waals surface area (Å²) in [4.78, 5) is 14.1. The Morgan fingerprint density at radius 3 is 2.17 bits per heavy atom. The average molecular weight is 274 g/mol. The molecule has 0 heterocycles. The Bertz CT molecular complexity index is 204. The molecular weight excluding hydrogens is 244 g/mol. The number of rotatable bonds is 11. The average Bonchev–Trinajstić information content (AvgIpc) is 2.38. The van der Waals surface area contributed by atoms with Crippen molar-refractivity contribution < 1.29 is 4.79 Å². The van der Waals surface area contributed by atoms with Crippen LogP contribution in [0.25, 0.3) is 0 Å². The van der Waals surface area contributed by atoms with Gasteiger partial charge in [0.15, 0.2) is 0 Å². The molecule has 0 bridgehead atoms. The van der Waals surface area contributed by atoms with Gasteiger partial charge in [0.05, 0.1) is 5.75 Å². The molecule has 0 radical (unpaired) electrons. The van der Waals surface area contributed by atoms with Crippen molar-refractivity contribution in [3.05, 3.63) is 0 Å². The van der Waals surface area contributed by atoms with Gasteiger partial charge in [0, 0.05) is 24.9 Å². The highest BCUT2D eigenvalue weighted by molar-refractivity contribution is 7.99. The van der Waals surface area contributed by atoms with Gasteiger partial charge in [-0.25, -0.2) is 0 Å². The van der Waals surface area contributed by atoms with Crippen molar-refractivity contribution in [2.24, 2.45) is 5.73 Å². The van der Waals surface area contributed by atoms with Crippen LogP contribution in [0, 0.1) is 0 Å². The maximum atomic E-state index is 12.1. The zero-order valence-electron chi connectivity index (χ0n) is 12.3. The lowest BCUT2D eigenvalue weighted by Crippen LogP contribution is -2.34. The molecule has 0 rings (SSSR count). The van der Waals surface area contributed by atoms with Crippen molar-refractivity contribution in [2.75, 3.05) is 24.6 Å². The van der Waals surface area contributed by atoms with Crippen LogP contribution >= 0.6 is 11.8 Å². The summed E-state index contributed by atoms with van der Waals surface area (Å²) in [5.41, 5.74) is 5.85. The first kappa shape index (κ1) is 17.8. The van der Waals surface area contributed by atoms with Crippen LogP contribution in [0.4, 0.5) is 0 Å². The van der Waals surface area contributed by atoms with Gasteiger partial charge in [-0.05, 0) is 19.3 Å². The number of hydrogen-bond acceptors (Lipinski definition) is 3. The van der Waals surface area contributed by atoms with Gasteiger partial charge in [-0.2, -0.15) is 11.8 Å². The number of unbranched alkanes of at least 4 members (excludes halogenated alkanes) is 2. The van der Waals surface area contributed by atoms with E-state index in [0.717, 1.165) is 50.9 Å².